The third-order valence-corrected chi connectivity index (χ3v) is 4.04. The van der Waals surface area contributed by atoms with Crippen molar-refractivity contribution in [2.45, 2.75) is 10.8 Å². The minimum absolute atomic E-state index is 0.358. The number of carbonyl (C=O) groups excluding carboxylic acids is 1. The Hall–Kier alpha value is -1.15. The number of rotatable bonds is 4. The number of nitrogens with one attached hydrogen (secondary N) is 1. The molecule has 2 rings (SSSR count). The molecule has 0 fully saturated rings. The van der Waals surface area contributed by atoms with Gasteiger partial charge in [0.15, 0.2) is 5.01 Å². The number of thiazole rings is 1. The summed E-state index contributed by atoms with van der Waals surface area (Å²) >= 11 is 8.53. The third kappa shape index (κ3) is 3.42. The molecule has 2 aromatic heterocycles. The van der Waals surface area contributed by atoms with Gasteiger partial charge in [-0.05, 0) is 12.1 Å². The highest BCUT2D eigenvalue weighted by molar-refractivity contribution is 7.98. The summed E-state index contributed by atoms with van der Waals surface area (Å²) in [7, 11) is 0. The lowest BCUT2D eigenvalue weighted by Gasteiger charge is -1.98. The molecule has 5 nitrogen and oxygen atoms in total. The zero-order chi connectivity index (χ0) is 13.0. The van der Waals surface area contributed by atoms with Crippen LogP contribution in [0.15, 0.2) is 28.7 Å². The number of hydrogen-bond acceptors (Lipinski definition) is 6. The van der Waals surface area contributed by atoms with E-state index in [2.05, 4.69) is 9.97 Å². The maximum atomic E-state index is 11.2. The van der Waals surface area contributed by atoms with Crippen molar-refractivity contribution in [1.82, 2.24) is 15.4 Å². The Labute approximate surface area is 117 Å². The van der Waals surface area contributed by atoms with Crippen molar-refractivity contribution in [1.29, 1.82) is 0 Å². The first kappa shape index (κ1) is 13.3. The Morgan fingerprint density at radius 2 is 2.39 bits per heavy atom. The summed E-state index contributed by atoms with van der Waals surface area (Å²) in [5, 5.41) is 3.65. The number of nitrogens with two attached hydrogens (primary N) is 1. The fraction of sp³-hybridized carbons (Fsp3) is 0.100. The quantitative estimate of drug-likeness (QED) is 0.391. The largest absolute Gasteiger partial charge is 0.294 e. The molecular formula is C10H9ClN4OS2. The molecule has 0 aliphatic rings. The summed E-state index contributed by atoms with van der Waals surface area (Å²) in [5.74, 6) is 5.30. The first-order chi connectivity index (χ1) is 8.69. The fourth-order valence-corrected chi connectivity index (χ4v) is 2.81. The monoisotopic (exact) mass is 300 g/mol. The maximum absolute atomic E-state index is 11.2. The van der Waals surface area contributed by atoms with Crippen molar-refractivity contribution in [2.75, 3.05) is 0 Å². The number of pyridine rings is 1. The van der Waals surface area contributed by atoms with Gasteiger partial charge in [-0.15, -0.1) is 23.1 Å². The summed E-state index contributed by atoms with van der Waals surface area (Å²) < 4.78 is 0. The highest BCUT2D eigenvalue weighted by Gasteiger charge is 2.09. The lowest BCUT2D eigenvalue weighted by atomic mass is 10.5. The van der Waals surface area contributed by atoms with Crippen LogP contribution < -0.4 is 11.3 Å². The molecule has 0 radical (unpaired) electrons. The number of nitrogens with zero attached hydrogens (tertiary/aromatic N) is 2. The molecular weight excluding hydrogens is 292 g/mol. The molecule has 8 heteroatoms. The van der Waals surface area contributed by atoms with Crippen LogP contribution in [-0.2, 0) is 5.75 Å². The van der Waals surface area contributed by atoms with Crippen LogP contribution in [0.4, 0.5) is 0 Å². The van der Waals surface area contributed by atoms with Crippen LogP contribution in [0.2, 0.25) is 5.02 Å². The molecule has 3 N–H and O–H groups in total. The van der Waals surface area contributed by atoms with Gasteiger partial charge < -0.3 is 0 Å². The summed E-state index contributed by atoms with van der Waals surface area (Å²) in [6.45, 7) is 0. The van der Waals surface area contributed by atoms with Crippen molar-refractivity contribution >= 4 is 40.6 Å². The van der Waals surface area contributed by atoms with Gasteiger partial charge in [-0.3, -0.25) is 10.2 Å². The van der Waals surface area contributed by atoms with Gasteiger partial charge in [0.05, 0.1) is 15.7 Å². The normalized spacial score (nSPS) is 10.3. The van der Waals surface area contributed by atoms with Gasteiger partial charge >= 0.3 is 0 Å². The average Bonchev–Trinajstić information content (AvgIpc) is 2.86. The Bertz CT molecular complexity index is 543. The Morgan fingerprint density at radius 3 is 3.06 bits per heavy atom. The van der Waals surface area contributed by atoms with E-state index >= 15 is 0 Å². The van der Waals surface area contributed by atoms with E-state index in [1.165, 1.54) is 23.1 Å². The summed E-state index contributed by atoms with van der Waals surface area (Å²) in [4.78, 5) is 19.5. The van der Waals surface area contributed by atoms with Crippen LogP contribution in [-0.4, -0.2) is 15.9 Å². The van der Waals surface area contributed by atoms with E-state index in [1.54, 1.807) is 12.3 Å². The topological polar surface area (TPSA) is 80.9 Å². The number of nitrogen functional groups attached to an aromatic ring is 1. The van der Waals surface area contributed by atoms with Gasteiger partial charge in [0.2, 0.25) is 0 Å². The standard InChI is InChI=1S/C10H9ClN4OS2/c11-6-1-2-8(13-3-6)17-4-7-5-18-10(14-7)9(16)15-12/h1-3,5H,4,12H2,(H,15,16). The Morgan fingerprint density at radius 1 is 1.56 bits per heavy atom. The molecule has 2 heterocycles. The number of hydrogen-bond donors (Lipinski definition) is 2. The number of carbonyl (C=O) groups is 1. The second-order valence-corrected chi connectivity index (χ2v) is 5.51. The zero-order valence-corrected chi connectivity index (χ0v) is 11.5. The zero-order valence-electron chi connectivity index (χ0n) is 9.09. The van der Waals surface area contributed by atoms with Gasteiger partial charge in [-0.2, -0.15) is 0 Å². The molecule has 18 heavy (non-hydrogen) atoms. The van der Waals surface area contributed by atoms with Crippen LogP contribution in [0.3, 0.4) is 0 Å². The van der Waals surface area contributed by atoms with E-state index in [-0.39, 0.29) is 5.91 Å². The molecule has 0 saturated carbocycles. The second-order valence-electron chi connectivity index (χ2n) is 3.22. The van der Waals surface area contributed by atoms with E-state index in [1.807, 2.05) is 16.9 Å². The highest BCUT2D eigenvalue weighted by atomic mass is 35.5. The molecule has 0 aromatic carbocycles. The molecule has 2 aromatic rings. The van der Waals surface area contributed by atoms with E-state index in [0.717, 1.165) is 10.7 Å². The highest BCUT2D eigenvalue weighted by Crippen LogP contribution is 2.22. The Balaban J connectivity index is 1.96. The minimum Gasteiger partial charge on any atom is -0.288 e. The van der Waals surface area contributed by atoms with Crippen molar-refractivity contribution in [3.63, 3.8) is 0 Å². The molecule has 0 atom stereocenters. The van der Waals surface area contributed by atoms with E-state index in [9.17, 15) is 4.79 Å². The van der Waals surface area contributed by atoms with Crippen LogP contribution in [0.1, 0.15) is 15.5 Å². The van der Waals surface area contributed by atoms with Crippen LogP contribution in [0, 0.1) is 0 Å². The van der Waals surface area contributed by atoms with Gasteiger partial charge in [0.1, 0.15) is 0 Å². The van der Waals surface area contributed by atoms with E-state index in [4.69, 9.17) is 17.4 Å². The number of thioether (sulfide) groups is 1. The SMILES string of the molecule is NNC(=O)c1nc(CSc2ccc(Cl)cn2)cs1. The van der Waals surface area contributed by atoms with E-state index in [0.29, 0.717) is 15.8 Å². The van der Waals surface area contributed by atoms with Crippen molar-refractivity contribution < 1.29 is 4.79 Å². The number of halogens is 1. The van der Waals surface area contributed by atoms with Crippen molar-refractivity contribution in [3.05, 3.63) is 39.4 Å². The number of aromatic nitrogens is 2. The van der Waals surface area contributed by atoms with Crippen LogP contribution in [0.5, 0.6) is 0 Å². The third-order valence-electron chi connectivity index (χ3n) is 1.95. The summed E-state index contributed by atoms with van der Waals surface area (Å²) in [6, 6.07) is 3.62. The van der Waals surface area contributed by atoms with E-state index < -0.39 is 0 Å². The van der Waals surface area contributed by atoms with Gasteiger partial charge in [-0.1, -0.05) is 11.6 Å². The molecule has 94 valence electrons. The van der Waals surface area contributed by atoms with Gasteiger partial charge in [0, 0.05) is 17.3 Å². The lowest BCUT2D eigenvalue weighted by molar-refractivity contribution is 0.0953. The first-order valence-corrected chi connectivity index (χ1v) is 7.13. The molecule has 0 aliphatic carbocycles. The summed E-state index contributed by atoms with van der Waals surface area (Å²) in [6.07, 6.45) is 1.60. The summed E-state index contributed by atoms with van der Waals surface area (Å²) in [5.41, 5.74) is 2.87. The molecule has 0 unspecified atom stereocenters. The maximum Gasteiger partial charge on any atom is 0.294 e. The van der Waals surface area contributed by atoms with Gasteiger partial charge in [0.25, 0.3) is 5.91 Å². The first-order valence-electron chi connectivity index (χ1n) is 4.89. The van der Waals surface area contributed by atoms with Crippen molar-refractivity contribution in [2.24, 2.45) is 5.84 Å². The smallest absolute Gasteiger partial charge is 0.288 e. The van der Waals surface area contributed by atoms with Gasteiger partial charge in [-0.25, -0.2) is 15.8 Å². The molecule has 0 spiro atoms. The molecule has 0 saturated heterocycles. The average molecular weight is 301 g/mol. The molecule has 0 bridgehead atoms. The predicted octanol–water partition coefficient (Wildman–Crippen LogP) is 2.09. The molecule has 1 amide bonds. The Kier molecular flexibility index (Phi) is 4.54. The van der Waals surface area contributed by atoms with Crippen molar-refractivity contribution in [3.8, 4) is 0 Å². The number of hydrazine groups is 1. The molecule has 0 aliphatic heterocycles. The van der Waals surface area contributed by atoms with Crippen LogP contribution >= 0.6 is 34.7 Å². The fourth-order valence-electron chi connectivity index (χ4n) is 1.13. The second kappa shape index (κ2) is 6.14. The number of amides is 1. The predicted molar refractivity (Wildman–Crippen MR) is 72.6 cm³/mol. The minimum atomic E-state index is -0.374. The van der Waals surface area contributed by atoms with Crippen LogP contribution in [0.25, 0.3) is 0 Å². The lowest BCUT2D eigenvalue weighted by Crippen LogP contribution is -2.29.